The van der Waals surface area contributed by atoms with Crippen LogP contribution in [0.15, 0.2) is 41.2 Å². The van der Waals surface area contributed by atoms with Crippen LogP contribution in [0.3, 0.4) is 0 Å². The molecule has 3 nitrogen and oxygen atoms in total. The van der Waals surface area contributed by atoms with Crippen LogP contribution in [0.25, 0.3) is 11.0 Å². The molecular formula is C12H9ClN2OS. The first kappa shape index (κ1) is 10.6. The highest BCUT2D eigenvalue weighted by molar-refractivity contribution is 7.71. The Labute approximate surface area is 108 Å². The third-order valence-electron chi connectivity index (χ3n) is 2.66. The fourth-order valence-electron chi connectivity index (χ4n) is 1.89. The summed E-state index contributed by atoms with van der Waals surface area (Å²) in [6.07, 6.45) is 3.35. The van der Waals surface area contributed by atoms with Crippen molar-refractivity contribution in [3.8, 4) is 0 Å². The topological polar surface area (TPSA) is 33.9 Å². The number of halogens is 1. The maximum Gasteiger partial charge on any atom is 0.178 e. The summed E-state index contributed by atoms with van der Waals surface area (Å²) in [4.78, 5) is 3.14. The van der Waals surface area contributed by atoms with E-state index >= 15 is 0 Å². The van der Waals surface area contributed by atoms with Gasteiger partial charge in [0.1, 0.15) is 0 Å². The Hall–Kier alpha value is -1.52. The molecule has 0 bridgehead atoms. The van der Waals surface area contributed by atoms with E-state index in [4.69, 9.17) is 28.2 Å². The number of hydrogen-bond acceptors (Lipinski definition) is 2. The Morgan fingerprint density at radius 3 is 3.00 bits per heavy atom. The molecule has 1 N–H and O–H groups in total. The summed E-state index contributed by atoms with van der Waals surface area (Å²) in [6.45, 7) is 0.652. The van der Waals surface area contributed by atoms with Crippen molar-refractivity contribution >= 4 is 34.9 Å². The van der Waals surface area contributed by atoms with Gasteiger partial charge < -0.3 is 14.0 Å². The van der Waals surface area contributed by atoms with E-state index in [9.17, 15) is 0 Å². The number of nitrogens with one attached hydrogen (secondary N) is 1. The highest BCUT2D eigenvalue weighted by atomic mass is 35.5. The standard InChI is InChI=1S/C12H9ClN2OS/c13-9-2-1-3-10-11(9)15(12(17)14-10)6-8-4-5-16-7-8/h1-5,7H,6H2,(H,14,17). The number of benzene rings is 1. The summed E-state index contributed by atoms with van der Waals surface area (Å²) in [5.41, 5.74) is 2.94. The van der Waals surface area contributed by atoms with Gasteiger partial charge in [-0.05, 0) is 30.4 Å². The molecule has 1 aromatic carbocycles. The summed E-state index contributed by atoms with van der Waals surface area (Å²) in [5.74, 6) is 0. The molecule has 3 aromatic rings. The van der Waals surface area contributed by atoms with Gasteiger partial charge in [0.15, 0.2) is 4.77 Å². The van der Waals surface area contributed by atoms with Crippen LogP contribution >= 0.6 is 23.8 Å². The highest BCUT2D eigenvalue weighted by Gasteiger charge is 2.08. The Morgan fingerprint density at radius 2 is 2.24 bits per heavy atom. The van der Waals surface area contributed by atoms with Crippen LogP contribution in [0.1, 0.15) is 5.56 Å². The van der Waals surface area contributed by atoms with E-state index in [1.807, 2.05) is 28.8 Å². The smallest absolute Gasteiger partial charge is 0.178 e. The maximum atomic E-state index is 6.21. The average molecular weight is 265 g/mol. The monoisotopic (exact) mass is 264 g/mol. The van der Waals surface area contributed by atoms with E-state index in [1.165, 1.54) is 0 Å². The molecule has 17 heavy (non-hydrogen) atoms. The van der Waals surface area contributed by atoms with E-state index in [-0.39, 0.29) is 0 Å². The van der Waals surface area contributed by atoms with E-state index in [2.05, 4.69) is 4.98 Å². The molecular weight excluding hydrogens is 256 g/mol. The summed E-state index contributed by atoms with van der Waals surface area (Å²) < 4.78 is 7.69. The van der Waals surface area contributed by atoms with Crippen LogP contribution in [-0.4, -0.2) is 9.55 Å². The van der Waals surface area contributed by atoms with Crippen LogP contribution in [0.5, 0.6) is 0 Å². The van der Waals surface area contributed by atoms with Crippen LogP contribution in [0.2, 0.25) is 5.02 Å². The number of nitrogens with zero attached hydrogens (tertiary/aromatic N) is 1. The number of para-hydroxylation sites is 1. The molecule has 0 unspecified atom stereocenters. The second-order valence-electron chi connectivity index (χ2n) is 3.78. The van der Waals surface area contributed by atoms with Crippen LogP contribution < -0.4 is 0 Å². The van der Waals surface area contributed by atoms with Crippen LogP contribution in [-0.2, 0) is 6.54 Å². The van der Waals surface area contributed by atoms with Crippen molar-refractivity contribution in [1.29, 1.82) is 0 Å². The van der Waals surface area contributed by atoms with E-state index in [0.29, 0.717) is 16.3 Å². The Kier molecular flexibility index (Phi) is 2.53. The van der Waals surface area contributed by atoms with Gasteiger partial charge in [-0.2, -0.15) is 0 Å². The number of furan rings is 1. The third-order valence-corrected chi connectivity index (χ3v) is 3.29. The van der Waals surface area contributed by atoms with E-state index < -0.39 is 0 Å². The second-order valence-corrected chi connectivity index (χ2v) is 4.58. The first-order valence-electron chi connectivity index (χ1n) is 5.14. The summed E-state index contributed by atoms with van der Waals surface area (Å²) in [7, 11) is 0. The predicted octanol–water partition coefficient (Wildman–Crippen LogP) is 3.99. The Balaban J connectivity index is 2.21. The normalized spacial score (nSPS) is 11.1. The fraction of sp³-hybridized carbons (Fsp3) is 0.0833. The van der Waals surface area contributed by atoms with Gasteiger partial charge in [-0.15, -0.1) is 0 Å². The van der Waals surface area contributed by atoms with Gasteiger partial charge in [0.2, 0.25) is 0 Å². The minimum absolute atomic E-state index is 0.652. The molecule has 0 spiro atoms. The first-order chi connectivity index (χ1) is 8.25. The zero-order valence-corrected chi connectivity index (χ0v) is 10.4. The van der Waals surface area contributed by atoms with Crippen molar-refractivity contribution < 1.29 is 4.42 Å². The summed E-state index contributed by atoms with van der Waals surface area (Å²) >= 11 is 11.5. The van der Waals surface area contributed by atoms with Crippen LogP contribution in [0.4, 0.5) is 0 Å². The van der Waals surface area contributed by atoms with Gasteiger partial charge >= 0.3 is 0 Å². The quantitative estimate of drug-likeness (QED) is 0.710. The minimum Gasteiger partial charge on any atom is -0.472 e. The summed E-state index contributed by atoms with van der Waals surface area (Å²) in [5, 5.41) is 0.693. The van der Waals surface area contributed by atoms with Crippen molar-refractivity contribution in [1.82, 2.24) is 9.55 Å². The Morgan fingerprint density at radius 1 is 1.35 bits per heavy atom. The lowest BCUT2D eigenvalue weighted by Gasteiger charge is -2.03. The number of imidazole rings is 1. The molecule has 0 aliphatic carbocycles. The molecule has 0 amide bonds. The average Bonchev–Trinajstić information content (AvgIpc) is 2.89. The minimum atomic E-state index is 0.652. The number of fused-ring (bicyclic) bond motifs is 1. The largest absolute Gasteiger partial charge is 0.472 e. The predicted molar refractivity (Wildman–Crippen MR) is 69.9 cm³/mol. The highest BCUT2D eigenvalue weighted by Crippen LogP contribution is 2.24. The molecule has 0 saturated heterocycles. The zero-order chi connectivity index (χ0) is 11.8. The van der Waals surface area contributed by atoms with Crippen molar-refractivity contribution in [3.05, 3.63) is 52.1 Å². The lowest BCUT2D eigenvalue weighted by molar-refractivity contribution is 0.562. The van der Waals surface area contributed by atoms with Gasteiger partial charge in [-0.25, -0.2) is 0 Å². The molecule has 86 valence electrons. The van der Waals surface area contributed by atoms with Crippen molar-refractivity contribution in [2.75, 3.05) is 0 Å². The number of rotatable bonds is 2. The lowest BCUT2D eigenvalue weighted by atomic mass is 10.3. The lowest BCUT2D eigenvalue weighted by Crippen LogP contribution is -1.98. The Bertz CT molecular complexity index is 712. The van der Waals surface area contributed by atoms with E-state index in [0.717, 1.165) is 16.6 Å². The third kappa shape index (κ3) is 1.79. The number of aromatic amines is 1. The SMILES string of the molecule is S=c1[nH]c2cccc(Cl)c2n1Cc1ccoc1. The number of H-pyrrole nitrogens is 1. The number of aromatic nitrogens is 2. The maximum absolute atomic E-state index is 6.21. The van der Waals surface area contributed by atoms with E-state index in [1.54, 1.807) is 12.5 Å². The van der Waals surface area contributed by atoms with Crippen molar-refractivity contribution in [3.63, 3.8) is 0 Å². The van der Waals surface area contributed by atoms with Crippen LogP contribution in [0, 0.1) is 4.77 Å². The molecule has 3 rings (SSSR count). The van der Waals surface area contributed by atoms with Crippen molar-refractivity contribution in [2.24, 2.45) is 0 Å². The second kappa shape index (κ2) is 4.05. The molecule has 0 radical (unpaired) electrons. The van der Waals surface area contributed by atoms with Gasteiger partial charge in [0.25, 0.3) is 0 Å². The summed E-state index contributed by atoms with van der Waals surface area (Å²) in [6, 6.07) is 7.64. The fourth-order valence-corrected chi connectivity index (χ4v) is 2.43. The number of hydrogen-bond donors (Lipinski definition) is 1. The molecule has 2 heterocycles. The molecule has 2 aromatic heterocycles. The van der Waals surface area contributed by atoms with Gasteiger partial charge in [0.05, 0.1) is 35.1 Å². The molecule has 0 atom stereocenters. The zero-order valence-electron chi connectivity index (χ0n) is 8.81. The molecule has 0 aliphatic heterocycles. The molecule has 5 heteroatoms. The molecule has 0 saturated carbocycles. The molecule has 0 aliphatic rings. The van der Waals surface area contributed by atoms with Gasteiger partial charge in [0, 0.05) is 5.56 Å². The van der Waals surface area contributed by atoms with Gasteiger partial charge in [-0.1, -0.05) is 17.7 Å². The van der Waals surface area contributed by atoms with Crippen molar-refractivity contribution in [2.45, 2.75) is 6.54 Å². The first-order valence-corrected chi connectivity index (χ1v) is 5.92. The van der Waals surface area contributed by atoms with Gasteiger partial charge in [-0.3, -0.25) is 0 Å². The molecule has 0 fully saturated rings.